The third-order valence-electron chi connectivity index (χ3n) is 2.29. The molecule has 17 heavy (non-hydrogen) atoms. The number of aromatic nitrogens is 2. The molecule has 0 fully saturated rings. The fraction of sp³-hybridized carbons (Fsp3) is 0.0909. The summed E-state index contributed by atoms with van der Waals surface area (Å²) in [5.41, 5.74) is 5.97. The molecular weight excluding hydrogens is 245 g/mol. The van der Waals surface area contributed by atoms with Gasteiger partial charge in [-0.15, -0.1) is 0 Å². The van der Waals surface area contributed by atoms with Gasteiger partial charge in [-0.05, 0) is 18.2 Å². The van der Waals surface area contributed by atoms with Gasteiger partial charge in [0, 0.05) is 23.9 Å². The van der Waals surface area contributed by atoms with Crippen molar-refractivity contribution in [2.75, 3.05) is 0 Å². The topological polar surface area (TPSA) is 71.8 Å². The summed E-state index contributed by atoms with van der Waals surface area (Å²) in [6, 6.07) is 4.10. The summed E-state index contributed by atoms with van der Waals surface area (Å²) in [5.74, 6) is -0.189. The molecule has 1 heterocycles. The molecule has 0 atom stereocenters. The monoisotopic (exact) mass is 253 g/mol. The summed E-state index contributed by atoms with van der Waals surface area (Å²) in [6.07, 6.45) is 1.39. The van der Waals surface area contributed by atoms with Gasteiger partial charge in [-0.3, -0.25) is 4.79 Å². The minimum absolute atomic E-state index is 0.0203. The lowest BCUT2D eigenvalue weighted by Crippen LogP contribution is -2.17. The minimum Gasteiger partial charge on any atom is -0.326 e. The molecular formula is C11H9ClFN3O. The summed E-state index contributed by atoms with van der Waals surface area (Å²) >= 11 is 5.65. The van der Waals surface area contributed by atoms with E-state index >= 15 is 0 Å². The number of nitrogens with zero attached hydrogens (tertiary/aromatic N) is 1. The van der Waals surface area contributed by atoms with E-state index < -0.39 is 5.82 Å². The standard InChI is InChI=1S/C11H9ClFN3O/c12-8-3-6(1-2-9(8)13)10-15-5-7(4-14)11(17)16-10/h1-3,5H,4,14H2,(H,15,16,17). The number of rotatable bonds is 2. The number of hydrogen-bond acceptors (Lipinski definition) is 3. The lowest BCUT2D eigenvalue weighted by atomic mass is 10.2. The Labute approximate surface area is 101 Å². The van der Waals surface area contributed by atoms with Crippen molar-refractivity contribution in [2.24, 2.45) is 5.73 Å². The molecule has 2 aromatic rings. The van der Waals surface area contributed by atoms with Gasteiger partial charge >= 0.3 is 0 Å². The Balaban J connectivity index is 2.50. The average Bonchev–Trinajstić information content (AvgIpc) is 2.32. The van der Waals surface area contributed by atoms with Gasteiger partial charge in [-0.2, -0.15) is 0 Å². The van der Waals surface area contributed by atoms with E-state index in [2.05, 4.69) is 9.97 Å². The Morgan fingerprint density at radius 2 is 2.24 bits per heavy atom. The van der Waals surface area contributed by atoms with Crippen LogP contribution in [0.15, 0.2) is 29.2 Å². The zero-order valence-corrected chi connectivity index (χ0v) is 9.46. The van der Waals surface area contributed by atoms with Gasteiger partial charge < -0.3 is 10.7 Å². The highest BCUT2D eigenvalue weighted by atomic mass is 35.5. The highest BCUT2D eigenvalue weighted by molar-refractivity contribution is 6.31. The second-order valence-electron chi connectivity index (χ2n) is 3.42. The maximum atomic E-state index is 13.0. The third kappa shape index (κ3) is 2.35. The van der Waals surface area contributed by atoms with Crippen molar-refractivity contribution in [1.82, 2.24) is 9.97 Å². The quantitative estimate of drug-likeness (QED) is 0.856. The molecule has 88 valence electrons. The van der Waals surface area contributed by atoms with E-state index in [-0.39, 0.29) is 17.1 Å². The molecule has 0 unspecified atom stereocenters. The van der Waals surface area contributed by atoms with E-state index in [1.807, 2.05) is 0 Å². The number of nitrogens with one attached hydrogen (secondary N) is 1. The molecule has 4 nitrogen and oxygen atoms in total. The van der Waals surface area contributed by atoms with Crippen LogP contribution in [0.4, 0.5) is 4.39 Å². The lowest BCUT2D eigenvalue weighted by molar-refractivity contribution is 0.628. The van der Waals surface area contributed by atoms with Crippen molar-refractivity contribution in [1.29, 1.82) is 0 Å². The predicted octanol–water partition coefficient (Wildman–Crippen LogP) is 1.69. The second-order valence-corrected chi connectivity index (χ2v) is 3.83. The van der Waals surface area contributed by atoms with Crippen LogP contribution in [-0.4, -0.2) is 9.97 Å². The summed E-state index contributed by atoms with van der Waals surface area (Å²) in [6.45, 7) is 0.118. The van der Waals surface area contributed by atoms with Crippen molar-refractivity contribution >= 4 is 11.6 Å². The molecule has 0 saturated carbocycles. The van der Waals surface area contributed by atoms with E-state index in [1.165, 1.54) is 24.4 Å². The van der Waals surface area contributed by atoms with Crippen LogP contribution in [0.1, 0.15) is 5.56 Å². The Bertz CT molecular complexity index is 612. The smallest absolute Gasteiger partial charge is 0.255 e. The van der Waals surface area contributed by atoms with Crippen LogP contribution in [0.3, 0.4) is 0 Å². The van der Waals surface area contributed by atoms with Gasteiger partial charge in [0.1, 0.15) is 11.6 Å². The van der Waals surface area contributed by atoms with Gasteiger partial charge in [0.05, 0.1) is 5.02 Å². The first-order valence-electron chi connectivity index (χ1n) is 4.85. The number of hydrogen-bond donors (Lipinski definition) is 2. The van der Waals surface area contributed by atoms with Gasteiger partial charge in [0.25, 0.3) is 5.56 Å². The zero-order valence-electron chi connectivity index (χ0n) is 8.71. The zero-order chi connectivity index (χ0) is 12.4. The third-order valence-corrected chi connectivity index (χ3v) is 2.58. The Morgan fingerprint density at radius 3 is 2.82 bits per heavy atom. The average molecular weight is 254 g/mol. The highest BCUT2D eigenvalue weighted by Crippen LogP contribution is 2.21. The molecule has 0 radical (unpaired) electrons. The first kappa shape index (κ1) is 11.8. The lowest BCUT2D eigenvalue weighted by Gasteiger charge is -2.03. The SMILES string of the molecule is NCc1cnc(-c2ccc(F)c(Cl)c2)[nH]c1=O. The fourth-order valence-corrected chi connectivity index (χ4v) is 1.54. The van der Waals surface area contributed by atoms with Gasteiger partial charge in [0.15, 0.2) is 0 Å². The molecule has 0 aliphatic rings. The second kappa shape index (κ2) is 4.65. The van der Waals surface area contributed by atoms with Gasteiger partial charge in [0.2, 0.25) is 0 Å². The van der Waals surface area contributed by atoms with Gasteiger partial charge in [-0.25, -0.2) is 9.37 Å². The summed E-state index contributed by atoms with van der Waals surface area (Å²) in [7, 11) is 0. The van der Waals surface area contributed by atoms with Crippen molar-refractivity contribution in [3.63, 3.8) is 0 Å². The van der Waals surface area contributed by atoms with Crippen LogP contribution in [0.2, 0.25) is 5.02 Å². The Morgan fingerprint density at radius 1 is 1.47 bits per heavy atom. The number of halogens is 2. The molecule has 0 aliphatic heterocycles. The van der Waals surface area contributed by atoms with Crippen molar-refractivity contribution < 1.29 is 4.39 Å². The number of aromatic amines is 1. The van der Waals surface area contributed by atoms with E-state index in [9.17, 15) is 9.18 Å². The molecule has 1 aromatic carbocycles. The summed E-state index contributed by atoms with van der Waals surface area (Å²) < 4.78 is 13.0. The molecule has 0 aliphatic carbocycles. The number of nitrogens with two attached hydrogens (primary N) is 1. The first-order chi connectivity index (χ1) is 8.11. The van der Waals surface area contributed by atoms with Crippen LogP contribution in [0.25, 0.3) is 11.4 Å². The Hall–Kier alpha value is -1.72. The van der Waals surface area contributed by atoms with E-state index in [0.29, 0.717) is 17.0 Å². The first-order valence-corrected chi connectivity index (χ1v) is 5.23. The Kier molecular flexibility index (Phi) is 3.21. The summed E-state index contributed by atoms with van der Waals surface area (Å²) in [4.78, 5) is 18.1. The molecule has 1 aromatic heterocycles. The maximum Gasteiger partial charge on any atom is 0.255 e. The number of H-pyrrole nitrogens is 1. The van der Waals surface area contributed by atoms with Crippen LogP contribution in [0.5, 0.6) is 0 Å². The van der Waals surface area contributed by atoms with Crippen LogP contribution in [-0.2, 0) is 6.54 Å². The molecule has 3 N–H and O–H groups in total. The summed E-state index contributed by atoms with van der Waals surface area (Å²) in [5, 5.41) is -0.0203. The molecule has 6 heteroatoms. The molecule has 0 bridgehead atoms. The van der Waals surface area contributed by atoms with Crippen molar-refractivity contribution in [2.45, 2.75) is 6.54 Å². The largest absolute Gasteiger partial charge is 0.326 e. The van der Waals surface area contributed by atoms with E-state index in [4.69, 9.17) is 17.3 Å². The van der Waals surface area contributed by atoms with Crippen molar-refractivity contribution in [3.05, 3.63) is 51.2 Å². The normalized spacial score (nSPS) is 10.5. The molecule has 0 amide bonds. The molecule has 0 saturated heterocycles. The fourth-order valence-electron chi connectivity index (χ4n) is 1.36. The molecule has 0 spiro atoms. The van der Waals surface area contributed by atoms with Crippen LogP contribution < -0.4 is 11.3 Å². The number of benzene rings is 1. The highest BCUT2D eigenvalue weighted by Gasteiger charge is 2.06. The van der Waals surface area contributed by atoms with Crippen LogP contribution in [0, 0.1) is 5.82 Å². The van der Waals surface area contributed by atoms with Gasteiger partial charge in [-0.1, -0.05) is 11.6 Å². The maximum absolute atomic E-state index is 13.0. The van der Waals surface area contributed by atoms with E-state index in [1.54, 1.807) is 0 Å². The van der Waals surface area contributed by atoms with Crippen molar-refractivity contribution in [3.8, 4) is 11.4 Å². The van der Waals surface area contributed by atoms with Crippen LogP contribution >= 0.6 is 11.6 Å². The predicted molar refractivity (Wildman–Crippen MR) is 63.2 cm³/mol. The molecule has 2 rings (SSSR count). The minimum atomic E-state index is -0.517. The van der Waals surface area contributed by atoms with E-state index in [0.717, 1.165) is 0 Å².